The molecule has 0 aliphatic rings. The molecule has 0 atom stereocenters. The van der Waals surface area contributed by atoms with Crippen LogP contribution in [0.5, 0.6) is 0 Å². The van der Waals surface area contributed by atoms with E-state index in [0.717, 1.165) is 103 Å². The molecule has 0 fully saturated rings. The summed E-state index contributed by atoms with van der Waals surface area (Å²) in [7, 11) is 1.66. The van der Waals surface area contributed by atoms with Crippen molar-refractivity contribution in [1.82, 2.24) is 4.90 Å². The third kappa shape index (κ3) is 40.4. The molecule has 0 bridgehead atoms. The molecule has 13 heteroatoms. The summed E-state index contributed by atoms with van der Waals surface area (Å²) < 4.78 is 35.7. The molecule has 1 aromatic rings. The number of unbranched alkanes of at least 4 members (excludes halogenated alkanes) is 26. The molecular weight excluding hydrogens is 923 g/mol. The third-order valence-corrected chi connectivity index (χ3v) is 13.8. The minimum Gasteiger partial charge on any atom is -0.466 e. The predicted octanol–water partition coefficient (Wildman–Crippen LogP) is 14.4. The number of rotatable bonds is 58. The van der Waals surface area contributed by atoms with E-state index in [9.17, 15) is 19.2 Å². The molecule has 1 aromatic carbocycles. The van der Waals surface area contributed by atoms with Crippen molar-refractivity contribution in [1.29, 1.82) is 0 Å². The summed E-state index contributed by atoms with van der Waals surface area (Å²) in [6.07, 6.45) is 38.6. The van der Waals surface area contributed by atoms with E-state index >= 15 is 0 Å². The van der Waals surface area contributed by atoms with Crippen molar-refractivity contribution in [3.8, 4) is 0 Å². The Labute approximate surface area is 446 Å². The van der Waals surface area contributed by atoms with Gasteiger partial charge in [-0.3, -0.25) is 19.2 Å². The molecule has 0 aliphatic heterocycles. The second-order valence-electron chi connectivity index (χ2n) is 20.5. The van der Waals surface area contributed by atoms with Crippen LogP contribution in [0.15, 0.2) is 9.59 Å². The fourth-order valence-corrected chi connectivity index (χ4v) is 9.04. The number of hydrogen-bond acceptors (Lipinski definition) is 13. The van der Waals surface area contributed by atoms with Crippen LogP contribution in [0.3, 0.4) is 0 Å². The minimum atomic E-state index is -0.460. The summed E-state index contributed by atoms with van der Waals surface area (Å²) in [5.74, 6) is -0.367. The molecule has 0 saturated heterocycles. The highest BCUT2D eigenvalue weighted by Crippen LogP contribution is 2.16. The Morgan fingerprint density at radius 1 is 0.397 bits per heavy atom. The van der Waals surface area contributed by atoms with E-state index in [1.54, 1.807) is 7.05 Å². The number of nitrogens with zero attached hydrogens (tertiary/aromatic N) is 1. The first-order valence-electron chi connectivity index (χ1n) is 30.6. The third-order valence-electron chi connectivity index (χ3n) is 13.8. The normalized spacial score (nSPS) is 11.7. The van der Waals surface area contributed by atoms with Crippen molar-refractivity contribution in [2.45, 2.75) is 278 Å². The van der Waals surface area contributed by atoms with Crippen LogP contribution in [0, 0.1) is 0 Å². The number of hydrogen-bond donors (Lipinski definition) is 2. The van der Waals surface area contributed by atoms with E-state index in [-0.39, 0.29) is 24.5 Å². The standard InChI is InChI=1S/C60H113N3O10/c1-6-10-14-18-24-34-49-70-55(71-50-35-25-19-15-11-7-2)41-39-53(64)68-47-32-28-22-30-44-63(46-38-43-62-58-57(61-5)59(66)60(58)67)45-31-23-29-33-48-69-54(65)40-42-56(72-51-36-26-20-16-12-8-3)73-52-37-27-21-17-13-9-4/h55-56,61-62H,6-52H2,1-5H3. The average molecular weight is 1040 g/mol. The van der Waals surface area contributed by atoms with Crippen molar-refractivity contribution in [3.63, 3.8) is 0 Å². The van der Waals surface area contributed by atoms with Gasteiger partial charge in [-0.1, -0.05) is 182 Å². The molecule has 0 amide bonds. The lowest BCUT2D eigenvalue weighted by atomic mass is 10.1. The van der Waals surface area contributed by atoms with Crippen molar-refractivity contribution in [3.05, 3.63) is 20.4 Å². The minimum absolute atomic E-state index is 0.183. The number of anilines is 2. The van der Waals surface area contributed by atoms with Crippen molar-refractivity contribution in [2.75, 3.05) is 83.5 Å². The van der Waals surface area contributed by atoms with Crippen molar-refractivity contribution in [2.24, 2.45) is 0 Å². The van der Waals surface area contributed by atoms with Gasteiger partial charge in [0, 0.05) is 52.9 Å². The molecule has 0 saturated carbocycles. The van der Waals surface area contributed by atoms with Crippen molar-refractivity contribution >= 4 is 23.3 Å². The van der Waals surface area contributed by atoms with E-state index in [4.69, 9.17) is 28.4 Å². The Kier molecular flexibility index (Phi) is 48.3. The SMILES string of the molecule is CCCCCCCCOC(CCC(=O)OCCCCCCN(CCCCCCOC(=O)CCC(OCCCCCCCC)OCCCCCCCC)CCCNc1c(NC)c(=O)c1=O)OCCCCCCCC. The smallest absolute Gasteiger partial charge is 0.305 e. The Morgan fingerprint density at radius 2 is 0.699 bits per heavy atom. The molecule has 13 nitrogen and oxygen atoms in total. The molecule has 0 heterocycles. The van der Waals surface area contributed by atoms with E-state index in [1.165, 1.54) is 128 Å². The maximum Gasteiger partial charge on any atom is 0.305 e. The fraction of sp³-hybridized carbons (Fsp3) is 0.900. The number of esters is 2. The molecular formula is C60H113N3O10. The highest BCUT2D eigenvalue weighted by molar-refractivity contribution is 5.73. The first-order chi connectivity index (χ1) is 35.8. The molecule has 2 N–H and O–H groups in total. The lowest BCUT2D eigenvalue weighted by Gasteiger charge is -2.23. The summed E-state index contributed by atoms with van der Waals surface area (Å²) in [4.78, 5) is 51.8. The molecule has 0 aliphatic carbocycles. The van der Waals surface area contributed by atoms with Gasteiger partial charge < -0.3 is 44.0 Å². The first-order valence-corrected chi connectivity index (χ1v) is 30.6. The van der Waals surface area contributed by atoms with Gasteiger partial charge in [-0.05, 0) is 77.4 Å². The van der Waals surface area contributed by atoms with Crippen molar-refractivity contribution < 1.29 is 38.0 Å². The van der Waals surface area contributed by atoms with Crippen LogP contribution in [0.25, 0.3) is 0 Å². The van der Waals surface area contributed by atoms with Gasteiger partial charge in [0.2, 0.25) is 0 Å². The van der Waals surface area contributed by atoms with E-state index < -0.39 is 10.9 Å². The molecule has 428 valence electrons. The van der Waals surface area contributed by atoms with Gasteiger partial charge in [0.1, 0.15) is 11.4 Å². The van der Waals surface area contributed by atoms with Crippen LogP contribution >= 0.6 is 0 Å². The van der Waals surface area contributed by atoms with Gasteiger partial charge in [-0.15, -0.1) is 0 Å². The lowest BCUT2D eigenvalue weighted by Crippen LogP contribution is -2.37. The monoisotopic (exact) mass is 1040 g/mol. The van der Waals surface area contributed by atoms with Crippen LogP contribution in [0.1, 0.15) is 265 Å². The van der Waals surface area contributed by atoms with Gasteiger partial charge in [-0.2, -0.15) is 0 Å². The zero-order valence-corrected chi connectivity index (χ0v) is 47.9. The molecule has 0 unspecified atom stereocenters. The Morgan fingerprint density at radius 3 is 1.05 bits per heavy atom. The van der Waals surface area contributed by atoms with Crippen LogP contribution in [-0.4, -0.2) is 102 Å². The second-order valence-corrected chi connectivity index (χ2v) is 20.5. The summed E-state index contributed by atoms with van der Waals surface area (Å²) in [6.45, 7) is 15.9. The average Bonchev–Trinajstić information content (AvgIpc) is 3.39. The van der Waals surface area contributed by atoms with Crippen LogP contribution in [0.2, 0.25) is 0 Å². The quantitative estimate of drug-likeness (QED) is 0.0276. The Hall–Kier alpha value is -2.58. The zero-order chi connectivity index (χ0) is 53.1. The van der Waals surface area contributed by atoms with Gasteiger partial charge in [0.15, 0.2) is 12.6 Å². The van der Waals surface area contributed by atoms with Gasteiger partial charge in [0.05, 0.1) is 26.1 Å². The molecule has 1 rings (SSSR count). The summed E-state index contributed by atoms with van der Waals surface area (Å²) in [5.41, 5.74) is -0.152. The Balaban J connectivity index is 2.46. The Bertz CT molecular complexity index is 1350. The zero-order valence-electron chi connectivity index (χ0n) is 47.9. The predicted molar refractivity (Wildman–Crippen MR) is 303 cm³/mol. The van der Waals surface area contributed by atoms with Gasteiger partial charge >= 0.3 is 11.9 Å². The summed E-state index contributed by atoms with van der Waals surface area (Å²) >= 11 is 0. The van der Waals surface area contributed by atoms with E-state index in [0.29, 0.717) is 83.2 Å². The summed E-state index contributed by atoms with van der Waals surface area (Å²) in [5, 5.41) is 6.00. The topological polar surface area (TPSA) is 151 Å². The van der Waals surface area contributed by atoms with Crippen LogP contribution < -0.4 is 21.5 Å². The summed E-state index contributed by atoms with van der Waals surface area (Å²) in [6, 6.07) is 0. The van der Waals surface area contributed by atoms with E-state index in [2.05, 4.69) is 43.2 Å². The maximum absolute atomic E-state index is 12.7. The molecule has 0 spiro atoms. The molecule has 73 heavy (non-hydrogen) atoms. The fourth-order valence-electron chi connectivity index (χ4n) is 9.04. The number of nitrogens with one attached hydrogen (secondary N) is 2. The largest absolute Gasteiger partial charge is 0.466 e. The van der Waals surface area contributed by atoms with E-state index in [1.807, 2.05) is 0 Å². The maximum atomic E-state index is 12.7. The second kappa shape index (κ2) is 51.5. The number of carbonyl (C=O) groups is 2. The number of carbonyl (C=O) groups excluding carboxylic acids is 2. The van der Waals surface area contributed by atoms with Crippen LogP contribution in [0.4, 0.5) is 11.4 Å². The highest BCUT2D eigenvalue weighted by Gasteiger charge is 2.19. The molecule has 0 aromatic heterocycles. The number of ether oxygens (including phenoxy) is 6. The van der Waals surface area contributed by atoms with Gasteiger partial charge in [-0.25, -0.2) is 0 Å². The first kappa shape index (κ1) is 68.4. The molecule has 0 radical (unpaired) electrons. The highest BCUT2D eigenvalue weighted by atomic mass is 16.7. The van der Waals surface area contributed by atoms with Gasteiger partial charge in [0.25, 0.3) is 10.9 Å². The van der Waals surface area contributed by atoms with Crippen LogP contribution in [-0.2, 0) is 38.0 Å². The lowest BCUT2D eigenvalue weighted by molar-refractivity contribution is -0.159.